The summed E-state index contributed by atoms with van der Waals surface area (Å²) in [6, 6.07) is -1.15. The van der Waals surface area contributed by atoms with Gasteiger partial charge in [-0.25, -0.2) is 4.79 Å². The second-order valence-electron chi connectivity index (χ2n) is 4.06. The van der Waals surface area contributed by atoms with Crippen LogP contribution in [0.2, 0.25) is 0 Å². The van der Waals surface area contributed by atoms with Gasteiger partial charge in [0.05, 0.1) is 12.6 Å². The summed E-state index contributed by atoms with van der Waals surface area (Å²) in [5.74, 6) is -3.43. The Labute approximate surface area is 94.9 Å². The summed E-state index contributed by atoms with van der Waals surface area (Å²) < 4.78 is 42.7. The van der Waals surface area contributed by atoms with Gasteiger partial charge in [-0.05, 0) is 6.42 Å². The van der Waals surface area contributed by atoms with Crippen molar-refractivity contribution in [3.63, 3.8) is 0 Å². The molecule has 2 aliphatic rings. The van der Waals surface area contributed by atoms with Crippen LogP contribution in [0.5, 0.6) is 0 Å². The summed E-state index contributed by atoms with van der Waals surface area (Å²) in [5.41, 5.74) is 0. The molecule has 0 radical (unpaired) electrons. The van der Waals surface area contributed by atoms with Gasteiger partial charge in [-0.1, -0.05) is 0 Å². The fourth-order valence-electron chi connectivity index (χ4n) is 1.96. The van der Waals surface area contributed by atoms with Crippen LogP contribution >= 0.6 is 0 Å². The number of hydrogen-bond acceptors (Lipinski definition) is 3. The largest absolute Gasteiger partial charge is 0.402 e. The molecule has 2 aliphatic heterocycles. The van der Waals surface area contributed by atoms with Crippen molar-refractivity contribution in [3.05, 3.63) is 0 Å². The predicted molar refractivity (Wildman–Crippen MR) is 49.0 cm³/mol. The molecule has 0 bridgehead atoms. The molecule has 5 nitrogen and oxygen atoms in total. The van der Waals surface area contributed by atoms with Gasteiger partial charge in [0, 0.05) is 13.2 Å². The number of hydrogen-bond donors (Lipinski definition) is 1. The molecule has 1 N–H and O–H groups in total. The third kappa shape index (κ3) is 2.36. The van der Waals surface area contributed by atoms with Crippen molar-refractivity contribution in [2.45, 2.75) is 18.6 Å². The van der Waals surface area contributed by atoms with Crippen LogP contribution in [-0.4, -0.2) is 48.8 Å². The molecule has 0 aromatic heterocycles. The predicted octanol–water partition coefficient (Wildman–Crippen LogP) is 0.506. The maximum atomic E-state index is 12.5. The molecule has 17 heavy (non-hydrogen) atoms. The highest BCUT2D eigenvalue weighted by molar-refractivity contribution is 5.98. The number of nitrogens with one attached hydrogen (secondary N) is 1. The van der Waals surface area contributed by atoms with Gasteiger partial charge >= 0.3 is 12.2 Å². The first-order valence-corrected chi connectivity index (χ1v) is 5.15. The Morgan fingerprint density at radius 3 is 2.59 bits per heavy atom. The Balaban J connectivity index is 2.12. The van der Waals surface area contributed by atoms with Crippen LogP contribution in [0.25, 0.3) is 0 Å². The van der Waals surface area contributed by atoms with Crippen molar-refractivity contribution in [2.24, 2.45) is 5.92 Å². The third-order valence-corrected chi connectivity index (χ3v) is 2.93. The number of halogens is 3. The number of rotatable bonds is 1. The number of carbonyl (C=O) groups is 2. The van der Waals surface area contributed by atoms with Gasteiger partial charge in [0.15, 0.2) is 5.92 Å². The Morgan fingerprint density at radius 2 is 2.06 bits per heavy atom. The fourth-order valence-corrected chi connectivity index (χ4v) is 1.96. The maximum absolute atomic E-state index is 12.5. The Hall–Kier alpha value is -1.31. The van der Waals surface area contributed by atoms with E-state index in [1.165, 1.54) is 0 Å². The van der Waals surface area contributed by atoms with E-state index in [1.807, 2.05) is 0 Å². The van der Waals surface area contributed by atoms with Gasteiger partial charge in [-0.2, -0.15) is 13.2 Å². The van der Waals surface area contributed by atoms with E-state index in [1.54, 1.807) is 5.32 Å². The first-order chi connectivity index (χ1) is 7.89. The van der Waals surface area contributed by atoms with Crippen LogP contribution in [0.4, 0.5) is 18.0 Å². The average Bonchev–Trinajstić information content (AvgIpc) is 2.68. The van der Waals surface area contributed by atoms with Crippen LogP contribution < -0.4 is 5.32 Å². The van der Waals surface area contributed by atoms with Crippen LogP contribution in [0.15, 0.2) is 0 Å². The Morgan fingerprint density at radius 1 is 1.35 bits per heavy atom. The first kappa shape index (κ1) is 12.2. The third-order valence-electron chi connectivity index (χ3n) is 2.93. The van der Waals surface area contributed by atoms with Gasteiger partial charge in [-0.15, -0.1) is 0 Å². The Bertz CT molecular complexity index is 339. The lowest BCUT2D eigenvalue weighted by atomic mass is 10.0. The molecule has 0 aliphatic carbocycles. The zero-order valence-corrected chi connectivity index (χ0v) is 8.79. The zero-order chi connectivity index (χ0) is 12.6. The fraction of sp³-hybridized carbons (Fsp3) is 0.778. The number of carbonyl (C=O) groups excluding carboxylic acids is 2. The Kier molecular flexibility index (Phi) is 2.98. The molecule has 2 fully saturated rings. The van der Waals surface area contributed by atoms with E-state index in [0.717, 1.165) is 4.90 Å². The lowest BCUT2D eigenvalue weighted by Gasteiger charge is -2.35. The molecule has 8 heteroatoms. The summed E-state index contributed by atoms with van der Waals surface area (Å²) in [5, 5.41) is 1.74. The van der Waals surface area contributed by atoms with E-state index in [9.17, 15) is 22.8 Å². The summed E-state index contributed by atoms with van der Waals surface area (Å²) in [6.45, 7) is 0.00740. The highest BCUT2D eigenvalue weighted by Crippen LogP contribution is 2.30. The summed E-state index contributed by atoms with van der Waals surface area (Å²) >= 11 is 0. The van der Waals surface area contributed by atoms with Crippen LogP contribution in [-0.2, 0) is 9.53 Å². The van der Waals surface area contributed by atoms with Crippen LogP contribution in [0, 0.1) is 5.92 Å². The molecule has 0 spiro atoms. The van der Waals surface area contributed by atoms with E-state index < -0.39 is 30.6 Å². The zero-order valence-electron chi connectivity index (χ0n) is 8.79. The summed E-state index contributed by atoms with van der Waals surface area (Å²) in [6.07, 6.45) is -4.14. The van der Waals surface area contributed by atoms with Crippen molar-refractivity contribution in [2.75, 3.05) is 19.8 Å². The van der Waals surface area contributed by atoms with Crippen molar-refractivity contribution < 1.29 is 27.5 Å². The number of alkyl halides is 3. The molecule has 3 amide bonds. The van der Waals surface area contributed by atoms with E-state index >= 15 is 0 Å². The van der Waals surface area contributed by atoms with Gasteiger partial charge in [0.25, 0.3) is 0 Å². The molecule has 2 atom stereocenters. The van der Waals surface area contributed by atoms with Gasteiger partial charge in [-0.3, -0.25) is 10.1 Å². The number of nitrogens with zero attached hydrogens (tertiary/aromatic N) is 1. The number of imide groups is 1. The smallest absolute Gasteiger partial charge is 0.379 e. The number of urea groups is 1. The normalized spacial score (nSPS) is 30.6. The first-order valence-electron chi connectivity index (χ1n) is 5.15. The molecule has 2 heterocycles. The van der Waals surface area contributed by atoms with E-state index in [0.29, 0.717) is 13.0 Å². The molecular weight excluding hydrogens is 241 g/mol. The molecule has 96 valence electrons. The highest BCUT2D eigenvalue weighted by atomic mass is 19.4. The van der Waals surface area contributed by atoms with Crippen LogP contribution in [0.3, 0.4) is 0 Å². The minimum Gasteiger partial charge on any atom is -0.379 e. The van der Waals surface area contributed by atoms with Crippen molar-refractivity contribution in [1.82, 2.24) is 10.2 Å². The quantitative estimate of drug-likeness (QED) is 0.739. The molecule has 0 aromatic rings. The number of amides is 3. The molecule has 0 saturated carbocycles. The second-order valence-corrected chi connectivity index (χ2v) is 4.06. The molecule has 2 unspecified atom stereocenters. The van der Waals surface area contributed by atoms with E-state index in [4.69, 9.17) is 4.74 Å². The lowest BCUT2D eigenvalue weighted by Crippen LogP contribution is -2.60. The SMILES string of the molecule is O=C1NC(=O)N(C2CCOC2)CC1C(F)(F)F. The molecule has 0 aromatic carbocycles. The van der Waals surface area contributed by atoms with Gasteiger partial charge in [0.2, 0.25) is 5.91 Å². The molecule has 2 saturated heterocycles. The highest BCUT2D eigenvalue weighted by Gasteiger charge is 2.50. The van der Waals surface area contributed by atoms with Crippen molar-refractivity contribution in [3.8, 4) is 0 Å². The lowest BCUT2D eigenvalue weighted by molar-refractivity contribution is -0.187. The standard InChI is InChI=1S/C9H11F3N2O3/c10-9(11,12)6-3-14(5-1-2-17-4-5)8(16)13-7(6)15/h5-6H,1-4H2,(H,13,15,16). The number of ether oxygens (including phenoxy) is 1. The van der Waals surface area contributed by atoms with Crippen molar-refractivity contribution >= 4 is 11.9 Å². The monoisotopic (exact) mass is 252 g/mol. The van der Waals surface area contributed by atoms with E-state index in [-0.39, 0.29) is 12.6 Å². The van der Waals surface area contributed by atoms with E-state index in [2.05, 4.69) is 0 Å². The summed E-state index contributed by atoms with van der Waals surface area (Å²) in [7, 11) is 0. The topological polar surface area (TPSA) is 58.6 Å². The second kappa shape index (κ2) is 4.17. The molecule has 2 rings (SSSR count). The molecular formula is C9H11F3N2O3. The minimum absolute atomic E-state index is 0.214. The maximum Gasteiger partial charge on any atom is 0.402 e. The summed E-state index contributed by atoms with van der Waals surface area (Å²) in [4.78, 5) is 23.6. The van der Waals surface area contributed by atoms with Gasteiger partial charge < -0.3 is 9.64 Å². The van der Waals surface area contributed by atoms with Crippen LogP contribution in [0.1, 0.15) is 6.42 Å². The average molecular weight is 252 g/mol. The van der Waals surface area contributed by atoms with Gasteiger partial charge in [0.1, 0.15) is 0 Å². The minimum atomic E-state index is -4.64. The van der Waals surface area contributed by atoms with Crippen molar-refractivity contribution in [1.29, 1.82) is 0 Å².